The van der Waals surface area contributed by atoms with Crippen molar-refractivity contribution >= 4 is 39.3 Å². The zero-order valence-electron chi connectivity index (χ0n) is 28.8. The third-order valence-corrected chi connectivity index (χ3v) is 11.2. The number of rotatable bonds is 7. The molecule has 8 rings (SSSR count). The maximum atomic E-state index is 17.8. The van der Waals surface area contributed by atoms with Crippen LogP contribution in [0.1, 0.15) is 88.7 Å². The number of hydrogen-bond acceptors (Lipinski definition) is 8. The number of ether oxygens (including phenoxy) is 1. The van der Waals surface area contributed by atoms with E-state index in [-0.39, 0.29) is 34.6 Å². The molecule has 5 aliphatic rings. The first-order valence-corrected chi connectivity index (χ1v) is 18.0. The number of benzene rings is 1. The van der Waals surface area contributed by atoms with Gasteiger partial charge in [0.1, 0.15) is 23.9 Å². The molecule has 4 aliphatic heterocycles. The van der Waals surface area contributed by atoms with Gasteiger partial charge in [-0.3, -0.25) is 14.7 Å². The van der Waals surface area contributed by atoms with Gasteiger partial charge >= 0.3 is 6.01 Å². The van der Waals surface area contributed by atoms with E-state index in [0.29, 0.717) is 64.1 Å². The fourth-order valence-corrected chi connectivity index (χ4v) is 9.09. The highest BCUT2D eigenvalue weighted by molar-refractivity contribution is 6.51. The third-order valence-electron chi connectivity index (χ3n) is 11.2. The molecule has 49 heavy (non-hydrogen) atoms. The van der Waals surface area contributed by atoms with Gasteiger partial charge in [-0.1, -0.05) is 19.1 Å². The molecule has 0 saturated carbocycles. The molecule has 4 saturated heterocycles. The molecule has 2 atom stereocenters. The molecule has 2 unspecified atom stereocenters. The number of H-pyrrole nitrogens is 1. The summed E-state index contributed by atoms with van der Waals surface area (Å²) in [5.41, 5.74) is 2.01. The highest BCUT2D eigenvalue weighted by Crippen LogP contribution is 2.47. The van der Waals surface area contributed by atoms with E-state index in [1.54, 1.807) is 6.07 Å². The number of fused-ring (bicyclic) bond motifs is 5. The van der Waals surface area contributed by atoms with Gasteiger partial charge in [0.15, 0.2) is 5.83 Å². The van der Waals surface area contributed by atoms with Crippen LogP contribution < -0.4 is 20.5 Å². The van der Waals surface area contributed by atoms with Gasteiger partial charge < -0.3 is 19.9 Å². The van der Waals surface area contributed by atoms with E-state index in [9.17, 15) is 4.79 Å². The number of piperazine rings is 1. The third kappa shape index (κ3) is 5.40. The molecule has 2 aromatic heterocycles. The van der Waals surface area contributed by atoms with E-state index in [0.717, 1.165) is 64.7 Å². The first-order valence-electron chi connectivity index (χ1n) is 18.0. The molecule has 11 heteroatoms. The van der Waals surface area contributed by atoms with Crippen LogP contribution in [0.15, 0.2) is 34.1 Å². The molecule has 1 aromatic carbocycles. The predicted octanol–water partition coefficient (Wildman–Crippen LogP) is 6.07. The van der Waals surface area contributed by atoms with Crippen molar-refractivity contribution in [2.75, 3.05) is 37.7 Å². The number of anilines is 1. The van der Waals surface area contributed by atoms with E-state index in [4.69, 9.17) is 19.7 Å². The molecule has 9 nitrogen and oxygen atoms in total. The van der Waals surface area contributed by atoms with Crippen molar-refractivity contribution in [3.05, 3.63) is 63.0 Å². The summed E-state index contributed by atoms with van der Waals surface area (Å²) in [6.45, 7) is 11.7. The monoisotopic (exact) mass is 669 g/mol. The van der Waals surface area contributed by atoms with Crippen LogP contribution in [0.5, 0.6) is 6.01 Å². The lowest BCUT2D eigenvalue weighted by molar-refractivity contribution is 0.107. The topological polar surface area (TPSA) is 98.7 Å². The number of pyridine rings is 1. The van der Waals surface area contributed by atoms with Gasteiger partial charge in [-0.05, 0) is 95.8 Å². The van der Waals surface area contributed by atoms with Gasteiger partial charge in [0.2, 0.25) is 5.56 Å². The van der Waals surface area contributed by atoms with Gasteiger partial charge in [0, 0.05) is 48.2 Å². The van der Waals surface area contributed by atoms with Crippen LogP contribution >= 0.6 is 0 Å². The minimum Gasteiger partial charge on any atom is -0.461 e. The first-order chi connectivity index (χ1) is 23.7. The van der Waals surface area contributed by atoms with Crippen molar-refractivity contribution < 1.29 is 13.5 Å². The number of hydrogen-bond donors (Lipinski definition) is 2. The zero-order chi connectivity index (χ0) is 34.0. The van der Waals surface area contributed by atoms with Crippen LogP contribution in [0.4, 0.5) is 14.6 Å². The molecular weight excluding hydrogens is 624 g/mol. The van der Waals surface area contributed by atoms with Crippen molar-refractivity contribution in [2.24, 2.45) is 4.99 Å². The van der Waals surface area contributed by atoms with Gasteiger partial charge in [0.05, 0.1) is 28.1 Å². The van der Waals surface area contributed by atoms with Crippen molar-refractivity contribution in [1.82, 2.24) is 25.2 Å². The Morgan fingerprint density at radius 1 is 1.12 bits per heavy atom. The van der Waals surface area contributed by atoms with E-state index >= 15 is 8.78 Å². The van der Waals surface area contributed by atoms with Crippen LogP contribution in [0, 0.1) is 5.82 Å². The summed E-state index contributed by atoms with van der Waals surface area (Å²) in [7, 11) is 0. The Labute approximate surface area is 285 Å². The second-order valence-electron chi connectivity index (χ2n) is 14.6. The number of aromatic nitrogens is 3. The Morgan fingerprint density at radius 2 is 1.86 bits per heavy atom. The number of aliphatic imine (C=N–C) groups is 1. The average molecular weight is 670 g/mol. The van der Waals surface area contributed by atoms with E-state index in [1.165, 1.54) is 12.1 Å². The molecule has 0 radical (unpaired) electrons. The maximum absolute atomic E-state index is 17.8. The van der Waals surface area contributed by atoms with Crippen LogP contribution in [0.25, 0.3) is 27.7 Å². The molecule has 1 aliphatic carbocycles. The smallest absolute Gasteiger partial charge is 0.319 e. The largest absolute Gasteiger partial charge is 0.461 e. The van der Waals surface area contributed by atoms with Gasteiger partial charge in [-0.25, -0.2) is 8.78 Å². The Hall–Kier alpha value is -3.96. The highest BCUT2D eigenvalue weighted by Gasteiger charge is 2.45. The SMILES string of the molecule is C/C=C1\C(=NC(C)C)C(c2[nH]c(=O)cc3ccc(F)c(CC)c23)=C(F)c2nc(OCC34CCCN3CCC4)nc(N3CC4CCC(C3)N4)c21. The summed E-state index contributed by atoms with van der Waals surface area (Å²) in [6.07, 6.45) is 8.84. The van der Waals surface area contributed by atoms with E-state index < -0.39 is 17.2 Å². The van der Waals surface area contributed by atoms with Crippen molar-refractivity contribution in [1.29, 1.82) is 0 Å². The fourth-order valence-electron chi connectivity index (χ4n) is 9.09. The molecule has 2 N–H and O–H groups in total. The number of nitrogens with zero attached hydrogens (tertiary/aromatic N) is 5. The number of aromatic amines is 1. The Morgan fingerprint density at radius 3 is 2.53 bits per heavy atom. The molecule has 3 aromatic rings. The number of allylic oxidation sites excluding steroid dienone is 3. The minimum atomic E-state index is -0.636. The van der Waals surface area contributed by atoms with Gasteiger partial charge in [-0.2, -0.15) is 9.97 Å². The molecule has 4 fully saturated rings. The molecule has 0 amide bonds. The van der Waals surface area contributed by atoms with Crippen molar-refractivity contribution in [3.8, 4) is 6.01 Å². The average Bonchev–Trinajstić information content (AvgIpc) is 3.77. The molecular formula is C38H45F2N7O2. The van der Waals surface area contributed by atoms with E-state index in [1.807, 2.05) is 33.8 Å². The molecule has 2 bridgehead atoms. The lowest BCUT2D eigenvalue weighted by Gasteiger charge is -2.37. The maximum Gasteiger partial charge on any atom is 0.319 e. The van der Waals surface area contributed by atoms with Gasteiger partial charge in [0.25, 0.3) is 0 Å². The predicted molar refractivity (Wildman–Crippen MR) is 191 cm³/mol. The molecule has 0 spiro atoms. The van der Waals surface area contributed by atoms with Crippen LogP contribution in [0.2, 0.25) is 0 Å². The van der Waals surface area contributed by atoms with E-state index in [2.05, 4.69) is 20.1 Å². The van der Waals surface area contributed by atoms with Crippen LogP contribution in [-0.2, 0) is 6.42 Å². The minimum absolute atomic E-state index is 0.0399. The fraction of sp³-hybridized carbons (Fsp3) is 0.526. The number of aryl methyl sites for hydroxylation is 1. The Balaban J connectivity index is 1.37. The lowest BCUT2D eigenvalue weighted by Crippen LogP contribution is -2.51. The summed E-state index contributed by atoms with van der Waals surface area (Å²) in [5, 5.41) is 4.70. The summed E-state index contributed by atoms with van der Waals surface area (Å²) in [6, 6.07) is 4.95. The van der Waals surface area contributed by atoms with Crippen LogP contribution in [-0.4, -0.2) is 82.0 Å². The summed E-state index contributed by atoms with van der Waals surface area (Å²) in [5.74, 6) is -0.409. The normalized spacial score (nSPS) is 24.9. The Kier molecular flexibility index (Phi) is 8.18. The van der Waals surface area contributed by atoms with Crippen molar-refractivity contribution in [2.45, 2.75) is 96.3 Å². The summed E-state index contributed by atoms with van der Waals surface area (Å²) in [4.78, 5) is 35.7. The quantitative estimate of drug-likeness (QED) is 0.315. The van der Waals surface area contributed by atoms with Crippen molar-refractivity contribution in [3.63, 3.8) is 0 Å². The molecule has 6 heterocycles. The number of nitrogens with one attached hydrogen (secondary N) is 2. The lowest BCUT2D eigenvalue weighted by atomic mass is 9.83. The Bertz CT molecular complexity index is 1960. The van der Waals surface area contributed by atoms with Gasteiger partial charge in [-0.15, -0.1) is 0 Å². The summed E-state index contributed by atoms with van der Waals surface area (Å²) < 4.78 is 39.6. The highest BCUT2D eigenvalue weighted by atomic mass is 19.1. The zero-order valence-corrected chi connectivity index (χ0v) is 28.8. The summed E-state index contributed by atoms with van der Waals surface area (Å²) >= 11 is 0. The first kappa shape index (κ1) is 32.3. The standard InChI is InChI=1S/C38H45F2N7O2/c1-5-25-27(39)12-9-22-17-28(48)43-34(29(22)25)31-32(40)35-30(26(6-2)33(31)41-21(3)4)36(46-18-23-10-11-24(19-46)42-23)45-37(44-35)49-20-38-13-7-15-47(38)16-8-14-38/h6,9,12,17,21,23-24,42H,5,7-8,10-11,13-16,18-20H2,1-4H3,(H,43,48)/b26-6-,41-33?. The van der Waals surface area contributed by atoms with Crippen LogP contribution in [0.3, 0.4) is 0 Å². The number of halogens is 2. The second-order valence-corrected chi connectivity index (χ2v) is 14.6. The molecule has 258 valence electrons. The second kappa shape index (κ2) is 12.4.